The van der Waals surface area contributed by atoms with Gasteiger partial charge in [-0.15, -0.1) is 0 Å². The summed E-state index contributed by atoms with van der Waals surface area (Å²) < 4.78 is 31.3. The molecule has 0 aliphatic rings. The van der Waals surface area contributed by atoms with E-state index in [9.17, 15) is 18.0 Å². The van der Waals surface area contributed by atoms with Crippen LogP contribution in [-0.4, -0.2) is 32.2 Å². The summed E-state index contributed by atoms with van der Waals surface area (Å²) in [6.45, 7) is 0.0614. The van der Waals surface area contributed by atoms with Gasteiger partial charge in [-0.05, 0) is 47.7 Å². The third-order valence-corrected chi connectivity index (χ3v) is 8.16. The molecule has 0 fully saturated rings. The molecule has 4 rings (SSSR count). The Kier molecular flexibility index (Phi) is 11.1. The minimum Gasteiger partial charge on any atom is -0.445 e. The number of rotatable bonds is 13. The lowest BCUT2D eigenvalue weighted by Gasteiger charge is -2.20. The Bertz CT molecular complexity index is 1560. The van der Waals surface area contributed by atoms with Crippen LogP contribution >= 0.6 is 0 Å². The highest BCUT2D eigenvalue weighted by molar-refractivity contribution is 7.91. The van der Waals surface area contributed by atoms with Gasteiger partial charge in [0.15, 0.2) is 9.84 Å². The second-order valence-corrected chi connectivity index (χ2v) is 11.8. The third-order valence-electron chi connectivity index (χ3n) is 6.57. The zero-order valence-corrected chi connectivity index (χ0v) is 24.0. The van der Waals surface area contributed by atoms with Gasteiger partial charge in [0.2, 0.25) is 5.91 Å². The molecule has 0 unspecified atom stereocenters. The lowest BCUT2D eigenvalue weighted by atomic mass is 10.0. The van der Waals surface area contributed by atoms with Crippen LogP contribution in [0, 0.1) is 0 Å². The molecule has 4 aromatic rings. The first kappa shape index (κ1) is 30.3. The number of ether oxygens (including phenoxy) is 1. The molecule has 2 N–H and O–H groups in total. The van der Waals surface area contributed by atoms with Crippen molar-refractivity contribution in [1.82, 2.24) is 10.6 Å². The van der Waals surface area contributed by atoms with Crippen LogP contribution < -0.4 is 10.6 Å². The number of benzene rings is 4. The molecular formula is C34H34N2O5S. The Balaban J connectivity index is 1.51. The Morgan fingerprint density at radius 3 is 1.83 bits per heavy atom. The summed E-state index contributed by atoms with van der Waals surface area (Å²) in [4.78, 5) is 26.5. The van der Waals surface area contributed by atoms with Crippen LogP contribution in [0.25, 0.3) is 0 Å². The number of sulfone groups is 1. The van der Waals surface area contributed by atoms with E-state index in [1.54, 1.807) is 30.3 Å². The highest BCUT2D eigenvalue weighted by atomic mass is 32.2. The summed E-state index contributed by atoms with van der Waals surface area (Å²) in [5.74, 6) is -0.746. The van der Waals surface area contributed by atoms with E-state index in [2.05, 4.69) is 10.6 Å². The summed E-state index contributed by atoms with van der Waals surface area (Å²) in [6, 6.07) is 35.6. The maximum atomic E-state index is 13.6. The smallest absolute Gasteiger partial charge is 0.408 e. The molecule has 0 bridgehead atoms. The van der Waals surface area contributed by atoms with Crippen molar-refractivity contribution in [2.75, 3.05) is 5.75 Å². The normalized spacial score (nSPS) is 12.2. The fraction of sp³-hybridized carbons (Fsp3) is 0.176. The SMILES string of the molecule is O=C(N[C@@H](Cc1ccccc1)C(=O)N/C(=C/CS(=O)(=O)c1ccccc1)CCc1ccccc1)OCc1ccccc1. The number of amides is 2. The predicted molar refractivity (Wildman–Crippen MR) is 163 cm³/mol. The van der Waals surface area contributed by atoms with Gasteiger partial charge in [-0.2, -0.15) is 0 Å². The van der Waals surface area contributed by atoms with Crippen molar-refractivity contribution in [3.63, 3.8) is 0 Å². The summed E-state index contributed by atoms with van der Waals surface area (Å²) in [5.41, 5.74) is 3.18. The van der Waals surface area contributed by atoms with Crippen molar-refractivity contribution in [3.8, 4) is 0 Å². The molecule has 42 heavy (non-hydrogen) atoms. The van der Waals surface area contributed by atoms with Gasteiger partial charge in [0.25, 0.3) is 0 Å². The van der Waals surface area contributed by atoms with E-state index < -0.39 is 27.9 Å². The standard InChI is InChI=1S/C34H34N2O5S/c37-33(32(25-28-15-7-2-8-16-28)36-34(38)41-26-29-17-9-3-10-18-29)35-30(22-21-27-13-5-1-6-14-27)23-24-42(39,40)31-19-11-4-12-20-31/h1-20,23,32H,21-22,24-26H2,(H,35,37)(H,36,38)/b30-23+/t32-/m0/s1. The van der Waals surface area contributed by atoms with Gasteiger partial charge >= 0.3 is 6.09 Å². The van der Waals surface area contributed by atoms with Crippen LogP contribution in [-0.2, 0) is 38.8 Å². The molecule has 0 saturated heterocycles. The maximum Gasteiger partial charge on any atom is 0.408 e. The Hall–Kier alpha value is -4.69. The van der Waals surface area contributed by atoms with Crippen molar-refractivity contribution < 1.29 is 22.7 Å². The van der Waals surface area contributed by atoms with Crippen molar-refractivity contribution in [2.45, 2.75) is 36.8 Å². The van der Waals surface area contributed by atoms with Gasteiger partial charge < -0.3 is 15.4 Å². The van der Waals surface area contributed by atoms with Gasteiger partial charge in [0, 0.05) is 12.1 Å². The topological polar surface area (TPSA) is 102 Å². The average Bonchev–Trinajstić information content (AvgIpc) is 3.03. The average molecular weight is 583 g/mol. The van der Waals surface area contributed by atoms with Crippen LogP contribution in [0.4, 0.5) is 4.79 Å². The molecule has 0 spiro atoms. The molecule has 4 aromatic carbocycles. The van der Waals surface area contributed by atoms with Crippen molar-refractivity contribution in [2.24, 2.45) is 0 Å². The number of nitrogens with one attached hydrogen (secondary N) is 2. The largest absolute Gasteiger partial charge is 0.445 e. The van der Waals surface area contributed by atoms with E-state index in [0.29, 0.717) is 18.5 Å². The van der Waals surface area contributed by atoms with Gasteiger partial charge in [0.05, 0.1) is 10.6 Å². The second-order valence-electron chi connectivity index (χ2n) is 9.75. The molecular weight excluding hydrogens is 548 g/mol. The van der Waals surface area contributed by atoms with Crippen LogP contribution in [0.15, 0.2) is 138 Å². The molecule has 216 valence electrons. The molecule has 2 amide bonds. The van der Waals surface area contributed by atoms with E-state index in [1.165, 1.54) is 6.08 Å². The first-order chi connectivity index (χ1) is 20.4. The van der Waals surface area contributed by atoms with Crippen LogP contribution in [0.1, 0.15) is 23.1 Å². The molecule has 0 aliphatic heterocycles. The molecule has 8 heteroatoms. The van der Waals surface area contributed by atoms with Gasteiger partial charge in [0.1, 0.15) is 12.6 Å². The molecule has 0 heterocycles. The number of hydrogen-bond acceptors (Lipinski definition) is 5. The molecule has 0 aromatic heterocycles. The van der Waals surface area contributed by atoms with E-state index >= 15 is 0 Å². The number of carbonyl (C=O) groups is 2. The fourth-order valence-corrected chi connectivity index (χ4v) is 5.47. The minimum absolute atomic E-state index is 0.0614. The van der Waals surface area contributed by atoms with E-state index in [-0.39, 0.29) is 23.7 Å². The highest BCUT2D eigenvalue weighted by Gasteiger charge is 2.23. The van der Waals surface area contributed by atoms with E-state index in [0.717, 1.165) is 16.7 Å². The van der Waals surface area contributed by atoms with Gasteiger partial charge in [-0.3, -0.25) is 4.79 Å². The van der Waals surface area contributed by atoms with E-state index in [1.807, 2.05) is 91.0 Å². The zero-order chi connectivity index (χ0) is 29.6. The highest BCUT2D eigenvalue weighted by Crippen LogP contribution is 2.14. The number of carbonyl (C=O) groups excluding carboxylic acids is 2. The van der Waals surface area contributed by atoms with E-state index in [4.69, 9.17) is 4.74 Å². The van der Waals surface area contributed by atoms with Crippen LogP contribution in [0.2, 0.25) is 0 Å². The number of aryl methyl sites for hydroxylation is 1. The first-order valence-electron chi connectivity index (χ1n) is 13.7. The number of allylic oxidation sites excluding steroid dienone is 1. The summed E-state index contributed by atoms with van der Waals surface area (Å²) in [7, 11) is -3.61. The summed E-state index contributed by atoms with van der Waals surface area (Å²) in [6.07, 6.45) is 2.03. The lowest BCUT2D eigenvalue weighted by Crippen LogP contribution is -2.48. The van der Waals surface area contributed by atoms with Crippen molar-refractivity contribution in [3.05, 3.63) is 150 Å². The Labute approximate surface area is 247 Å². The van der Waals surface area contributed by atoms with Crippen molar-refractivity contribution >= 4 is 21.8 Å². The zero-order valence-electron chi connectivity index (χ0n) is 23.2. The minimum atomic E-state index is -3.61. The van der Waals surface area contributed by atoms with Gasteiger partial charge in [-0.1, -0.05) is 109 Å². The molecule has 1 atom stereocenters. The second kappa shape index (κ2) is 15.3. The fourth-order valence-electron chi connectivity index (χ4n) is 4.29. The Morgan fingerprint density at radius 1 is 0.714 bits per heavy atom. The van der Waals surface area contributed by atoms with Gasteiger partial charge in [-0.25, -0.2) is 13.2 Å². The predicted octanol–water partition coefficient (Wildman–Crippen LogP) is 5.63. The molecule has 0 aliphatic carbocycles. The monoisotopic (exact) mass is 582 g/mol. The molecule has 0 radical (unpaired) electrons. The molecule has 7 nitrogen and oxygen atoms in total. The quantitative estimate of drug-likeness (QED) is 0.213. The summed E-state index contributed by atoms with van der Waals surface area (Å²) in [5, 5.41) is 5.59. The molecule has 0 saturated carbocycles. The first-order valence-corrected chi connectivity index (χ1v) is 15.4. The maximum absolute atomic E-state index is 13.6. The number of alkyl carbamates (subject to hydrolysis) is 1. The number of hydrogen-bond donors (Lipinski definition) is 2. The lowest BCUT2D eigenvalue weighted by molar-refractivity contribution is -0.122. The Morgan fingerprint density at radius 2 is 1.24 bits per heavy atom. The van der Waals surface area contributed by atoms with Crippen molar-refractivity contribution in [1.29, 1.82) is 0 Å². The summed E-state index contributed by atoms with van der Waals surface area (Å²) >= 11 is 0. The van der Waals surface area contributed by atoms with Crippen LogP contribution in [0.3, 0.4) is 0 Å². The third kappa shape index (κ3) is 9.74. The van der Waals surface area contributed by atoms with Crippen LogP contribution in [0.5, 0.6) is 0 Å².